The molecule has 1 aliphatic carbocycles. The molecule has 1 saturated carbocycles. The second-order valence-corrected chi connectivity index (χ2v) is 7.54. The smallest absolute Gasteiger partial charge is 0.317 e. The molecular weight excluding hydrogens is 368 g/mol. The summed E-state index contributed by atoms with van der Waals surface area (Å²) in [7, 11) is 1.49. The zero-order chi connectivity index (χ0) is 19.4. The predicted molar refractivity (Wildman–Crippen MR) is 105 cm³/mol. The average molecular weight is 395 g/mol. The van der Waals surface area contributed by atoms with E-state index in [9.17, 15) is 9.59 Å². The first kappa shape index (κ1) is 19.6. The number of rotatable bonds is 3. The number of piperazine rings is 1. The molecule has 1 aliphatic heterocycles. The van der Waals surface area contributed by atoms with Crippen LogP contribution in [0.3, 0.4) is 0 Å². The van der Waals surface area contributed by atoms with Crippen molar-refractivity contribution in [2.24, 2.45) is 0 Å². The van der Waals surface area contributed by atoms with Crippen molar-refractivity contribution in [2.45, 2.75) is 38.1 Å². The Bertz CT molecular complexity index is 698. The van der Waals surface area contributed by atoms with Gasteiger partial charge in [0.1, 0.15) is 5.75 Å². The molecule has 27 heavy (non-hydrogen) atoms. The van der Waals surface area contributed by atoms with Gasteiger partial charge in [0.25, 0.3) is 5.91 Å². The molecule has 8 heteroatoms. The second kappa shape index (κ2) is 8.69. The summed E-state index contributed by atoms with van der Waals surface area (Å²) in [4.78, 5) is 28.8. The van der Waals surface area contributed by atoms with Crippen LogP contribution in [0.4, 0.5) is 10.5 Å². The minimum Gasteiger partial charge on any atom is -0.496 e. The lowest BCUT2D eigenvalue weighted by molar-refractivity contribution is 0.0659. The highest BCUT2D eigenvalue weighted by molar-refractivity contribution is 6.33. The number of hydrogen-bond donors (Lipinski definition) is 2. The van der Waals surface area contributed by atoms with Crippen molar-refractivity contribution in [3.05, 3.63) is 22.7 Å². The van der Waals surface area contributed by atoms with Crippen molar-refractivity contribution >= 4 is 29.2 Å². The lowest BCUT2D eigenvalue weighted by Gasteiger charge is -2.36. The van der Waals surface area contributed by atoms with E-state index in [1.165, 1.54) is 26.4 Å². The zero-order valence-electron chi connectivity index (χ0n) is 15.7. The molecule has 3 rings (SSSR count). The number of nitrogen functional groups attached to an aromatic ring is 1. The highest BCUT2D eigenvalue weighted by Gasteiger charge is 2.28. The van der Waals surface area contributed by atoms with E-state index in [2.05, 4.69) is 5.32 Å². The number of methoxy groups -OCH3 is 1. The van der Waals surface area contributed by atoms with Gasteiger partial charge in [-0.1, -0.05) is 30.9 Å². The van der Waals surface area contributed by atoms with E-state index in [0.717, 1.165) is 12.8 Å². The fraction of sp³-hybridized carbons (Fsp3) is 0.579. The molecule has 0 bridgehead atoms. The fourth-order valence-electron chi connectivity index (χ4n) is 3.70. The Labute approximate surface area is 164 Å². The lowest BCUT2D eigenvalue weighted by atomic mass is 9.96. The maximum Gasteiger partial charge on any atom is 0.317 e. The summed E-state index contributed by atoms with van der Waals surface area (Å²) in [6, 6.07) is 3.36. The topological polar surface area (TPSA) is 87.9 Å². The lowest BCUT2D eigenvalue weighted by Crippen LogP contribution is -2.54. The van der Waals surface area contributed by atoms with E-state index in [-0.39, 0.29) is 18.0 Å². The number of halogens is 1. The Hall–Kier alpha value is -2.15. The summed E-state index contributed by atoms with van der Waals surface area (Å²) in [6.45, 7) is 1.97. The molecule has 3 amide bonds. The molecule has 2 aliphatic rings. The summed E-state index contributed by atoms with van der Waals surface area (Å²) < 4.78 is 5.28. The molecular formula is C19H27ClN4O3. The minimum atomic E-state index is -0.166. The van der Waals surface area contributed by atoms with E-state index in [0.29, 0.717) is 48.2 Å². The van der Waals surface area contributed by atoms with Gasteiger partial charge in [0, 0.05) is 38.3 Å². The summed E-state index contributed by atoms with van der Waals surface area (Å²) in [5, 5.41) is 3.45. The number of nitrogens with zero attached hydrogens (tertiary/aromatic N) is 2. The number of benzene rings is 1. The molecule has 148 valence electrons. The van der Waals surface area contributed by atoms with Crippen LogP contribution in [0.15, 0.2) is 12.1 Å². The van der Waals surface area contributed by atoms with Crippen molar-refractivity contribution < 1.29 is 14.3 Å². The van der Waals surface area contributed by atoms with Gasteiger partial charge in [-0.3, -0.25) is 4.79 Å². The third-order valence-electron chi connectivity index (χ3n) is 5.34. The summed E-state index contributed by atoms with van der Waals surface area (Å²) >= 11 is 6.07. The SMILES string of the molecule is COc1cc(N)c(Cl)cc1C(=O)N1CCN(C(=O)NC2CCCCC2)CC1. The number of nitrogens with two attached hydrogens (primary N) is 1. The van der Waals surface area contributed by atoms with E-state index in [1.807, 2.05) is 0 Å². The average Bonchev–Trinajstić information content (AvgIpc) is 2.70. The largest absolute Gasteiger partial charge is 0.496 e. The van der Waals surface area contributed by atoms with Gasteiger partial charge in [0.2, 0.25) is 0 Å². The van der Waals surface area contributed by atoms with Crippen LogP contribution in [0.1, 0.15) is 42.5 Å². The maximum absolute atomic E-state index is 12.9. The molecule has 0 radical (unpaired) electrons. The zero-order valence-corrected chi connectivity index (χ0v) is 16.4. The van der Waals surface area contributed by atoms with Crippen LogP contribution in [0.25, 0.3) is 0 Å². The Balaban J connectivity index is 1.58. The van der Waals surface area contributed by atoms with Crippen LogP contribution < -0.4 is 15.8 Å². The summed E-state index contributed by atoms with van der Waals surface area (Å²) in [6.07, 6.45) is 5.73. The van der Waals surface area contributed by atoms with Crippen molar-refractivity contribution in [3.63, 3.8) is 0 Å². The van der Waals surface area contributed by atoms with Crippen LogP contribution in [0, 0.1) is 0 Å². The van der Waals surface area contributed by atoms with Crippen LogP contribution in [0.2, 0.25) is 5.02 Å². The van der Waals surface area contributed by atoms with Gasteiger partial charge in [-0.2, -0.15) is 0 Å². The Kier molecular flexibility index (Phi) is 6.31. The first-order chi connectivity index (χ1) is 13.0. The maximum atomic E-state index is 12.9. The van der Waals surface area contributed by atoms with E-state index in [4.69, 9.17) is 22.1 Å². The monoisotopic (exact) mass is 394 g/mol. The van der Waals surface area contributed by atoms with Crippen LogP contribution >= 0.6 is 11.6 Å². The van der Waals surface area contributed by atoms with Gasteiger partial charge >= 0.3 is 6.03 Å². The van der Waals surface area contributed by atoms with Gasteiger partial charge in [-0.05, 0) is 18.9 Å². The second-order valence-electron chi connectivity index (χ2n) is 7.14. The molecule has 1 aromatic carbocycles. The van der Waals surface area contributed by atoms with Crippen LogP contribution in [0.5, 0.6) is 5.75 Å². The number of amides is 3. The standard InChI is InChI=1S/C19H27ClN4O3/c1-27-17-12-16(21)15(20)11-14(17)18(25)23-7-9-24(10-8-23)19(26)22-13-5-3-2-4-6-13/h11-13H,2-10,21H2,1H3,(H,22,26). The number of carbonyl (C=O) groups is 2. The molecule has 2 fully saturated rings. The van der Waals surface area contributed by atoms with Crippen LogP contribution in [-0.2, 0) is 0 Å². The Morgan fingerprint density at radius 2 is 1.74 bits per heavy atom. The van der Waals surface area contributed by atoms with Gasteiger partial charge in [0.05, 0.1) is 23.4 Å². The van der Waals surface area contributed by atoms with Gasteiger partial charge in [-0.25, -0.2) is 4.79 Å². The molecule has 7 nitrogen and oxygen atoms in total. The van der Waals surface area contributed by atoms with Crippen molar-refractivity contribution in [2.75, 3.05) is 39.0 Å². The van der Waals surface area contributed by atoms with E-state index >= 15 is 0 Å². The molecule has 3 N–H and O–H groups in total. The highest BCUT2D eigenvalue weighted by Crippen LogP contribution is 2.30. The summed E-state index contributed by atoms with van der Waals surface area (Å²) in [5.41, 5.74) is 6.54. The quantitative estimate of drug-likeness (QED) is 0.771. The van der Waals surface area contributed by atoms with Gasteiger partial charge in [-0.15, -0.1) is 0 Å². The fourth-order valence-corrected chi connectivity index (χ4v) is 3.86. The molecule has 0 unspecified atom stereocenters. The van der Waals surface area contributed by atoms with Crippen molar-refractivity contribution in [1.82, 2.24) is 15.1 Å². The summed E-state index contributed by atoms with van der Waals surface area (Å²) in [5.74, 6) is 0.237. The third-order valence-corrected chi connectivity index (χ3v) is 5.66. The van der Waals surface area contributed by atoms with Gasteiger partial charge in [0.15, 0.2) is 0 Å². The highest BCUT2D eigenvalue weighted by atomic mass is 35.5. The number of hydrogen-bond acceptors (Lipinski definition) is 4. The molecule has 0 atom stereocenters. The third kappa shape index (κ3) is 4.58. The molecule has 0 spiro atoms. The van der Waals surface area contributed by atoms with Gasteiger partial charge < -0.3 is 25.6 Å². The van der Waals surface area contributed by atoms with Crippen molar-refractivity contribution in [1.29, 1.82) is 0 Å². The number of nitrogens with one attached hydrogen (secondary N) is 1. The van der Waals surface area contributed by atoms with Crippen LogP contribution in [-0.4, -0.2) is 61.1 Å². The normalized spacial score (nSPS) is 18.3. The molecule has 1 aromatic rings. The number of anilines is 1. The van der Waals surface area contributed by atoms with Crippen molar-refractivity contribution in [3.8, 4) is 5.75 Å². The Morgan fingerprint density at radius 3 is 2.37 bits per heavy atom. The number of urea groups is 1. The Morgan fingerprint density at radius 1 is 1.11 bits per heavy atom. The molecule has 1 saturated heterocycles. The first-order valence-corrected chi connectivity index (χ1v) is 9.85. The molecule has 1 heterocycles. The number of carbonyl (C=O) groups excluding carboxylic acids is 2. The van der Waals surface area contributed by atoms with E-state index in [1.54, 1.807) is 21.9 Å². The predicted octanol–water partition coefficient (Wildman–Crippen LogP) is 2.73. The first-order valence-electron chi connectivity index (χ1n) is 9.47. The number of ether oxygens (including phenoxy) is 1. The minimum absolute atomic E-state index is 0.0258. The van der Waals surface area contributed by atoms with E-state index < -0.39 is 0 Å². The molecule has 0 aromatic heterocycles.